The smallest absolute Gasteiger partial charge is 0.140 e. The molecule has 2 unspecified atom stereocenters. The van der Waals surface area contributed by atoms with Crippen LogP contribution in [0.1, 0.15) is 51.0 Å². The van der Waals surface area contributed by atoms with E-state index in [-0.39, 0.29) is 5.92 Å². The Balaban J connectivity index is 2.15. The number of carbonyl (C=O) groups excluding carboxylic acids is 1. The summed E-state index contributed by atoms with van der Waals surface area (Å²) >= 11 is 0. The lowest BCUT2D eigenvalue weighted by Crippen LogP contribution is -2.20. The molecule has 0 radical (unpaired) electrons. The molecule has 0 bridgehead atoms. The Morgan fingerprint density at radius 1 is 1.29 bits per heavy atom. The zero-order valence-electron chi connectivity index (χ0n) is 10.9. The molecule has 0 spiro atoms. The van der Waals surface area contributed by atoms with E-state index in [0.29, 0.717) is 17.6 Å². The van der Waals surface area contributed by atoms with Crippen molar-refractivity contribution in [3.05, 3.63) is 35.9 Å². The largest absolute Gasteiger partial charge is 0.299 e. The maximum absolute atomic E-state index is 12.4. The van der Waals surface area contributed by atoms with E-state index in [4.69, 9.17) is 0 Å². The van der Waals surface area contributed by atoms with E-state index in [2.05, 4.69) is 26.0 Å². The van der Waals surface area contributed by atoms with Crippen LogP contribution in [0.4, 0.5) is 0 Å². The van der Waals surface area contributed by atoms with Gasteiger partial charge in [0.1, 0.15) is 5.78 Å². The summed E-state index contributed by atoms with van der Waals surface area (Å²) in [4.78, 5) is 12.4. The zero-order chi connectivity index (χ0) is 12.3. The van der Waals surface area contributed by atoms with E-state index in [1.54, 1.807) is 0 Å². The first-order valence-corrected chi connectivity index (χ1v) is 6.80. The minimum atomic E-state index is 0.113. The van der Waals surface area contributed by atoms with E-state index < -0.39 is 0 Å². The number of rotatable bonds is 6. The third-order valence-corrected chi connectivity index (χ3v) is 3.91. The summed E-state index contributed by atoms with van der Waals surface area (Å²) in [7, 11) is 0. The molecule has 2 atom stereocenters. The third-order valence-electron chi connectivity index (χ3n) is 3.91. The standard InChI is InChI=1S/C16H22O/c1-3-12(2)16(14-7-5-4-6-8-14)15(17)11-13-9-10-13/h4-8,12-13,16H,3,9-11H2,1-2H3. The molecule has 1 aromatic rings. The van der Waals surface area contributed by atoms with Gasteiger partial charge in [-0.2, -0.15) is 0 Å². The molecule has 0 saturated heterocycles. The number of Topliss-reactive ketones (excluding diaryl/α,β-unsaturated/α-hetero) is 1. The Hall–Kier alpha value is -1.11. The van der Waals surface area contributed by atoms with Gasteiger partial charge in [0.05, 0.1) is 0 Å². The molecular formula is C16H22O. The van der Waals surface area contributed by atoms with Gasteiger partial charge in [0.15, 0.2) is 0 Å². The highest BCUT2D eigenvalue weighted by atomic mass is 16.1. The molecular weight excluding hydrogens is 208 g/mol. The first-order chi connectivity index (χ1) is 8.22. The predicted molar refractivity (Wildman–Crippen MR) is 71.0 cm³/mol. The summed E-state index contributed by atoms with van der Waals surface area (Å²) in [5, 5.41) is 0. The van der Waals surface area contributed by atoms with Crippen LogP contribution >= 0.6 is 0 Å². The van der Waals surface area contributed by atoms with Gasteiger partial charge in [-0.05, 0) is 30.2 Å². The van der Waals surface area contributed by atoms with Crippen molar-refractivity contribution in [3.8, 4) is 0 Å². The lowest BCUT2D eigenvalue weighted by molar-refractivity contribution is -0.121. The maximum Gasteiger partial charge on any atom is 0.140 e. The lowest BCUT2D eigenvalue weighted by Gasteiger charge is -2.22. The van der Waals surface area contributed by atoms with Crippen molar-refractivity contribution in [2.45, 2.75) is 45.4 Å². The van der Waals surface area contributed by atoms with Gasteiger partial charge in [-0.15, -0.1) is 0 Å². The van der Waals surface area contributed by atoms with Gasteiger partial charge >= 0.3 is 0 Å². The first-order valence-electron chi connectivity index (χ1n) is 6.80. The van der Waals surface area contributed by atoms with Crippen molar-refractivity contribution in [3.63, 3.8) is 0 Å². The van der Waals surface area contributed by atoms with E-state index in [9.17, 15) is 4.79 Å². The first kappa shape index (κ1) is 12.3. The fourth-order valence-corrected chi connectivity index (χ4v) is 2.46. The minimum Gasteiger partial charge on any atom is -0.299 e. The maximum atomic E-state index is 12.4. The number of ketones is 1. The van der Waals surface area contributed by atoms with Gasteiger partial charge < -0.3 is 0 Å². The average Bonchev–Trinajstić information content (AvgIpc) is 3.14. The Kier molecular flexibility index (Phi) is 3.98. The van der Waals surface area contributed by atoms with E-state index in [0.717, 1.165) is 12.8 Å². The second kappa shape index (κ2) is 5.48. The molecule has 0 heterocycles. The van der Waals surface area contributed by atoms with Crippen LogP contribution in [0, 0.1) is 11.8 Å². The molecule has 1 nitrogen and oxygen atoms in total. The fraction of sp³-hybridized carbons (Fsp3) is 0.562. The molecule has 1 heteroatoms. The molecule has 1 saturated carbocycles. The highest BCUT2D eigenvalue weighted by Crippen LogP contribution is 2.37. The van der Waals surface area contributed by atoms with Gasteiger partial charge in [-0.25, -0.2) is 0 Å². The number of benzene rings is 1. The van der Waals surface area contributed by atoms with Crippen LogP contribution in [0.5, 0.6) is 0 Å². The summed E-state index contributed by atoms with van der Waals surface area (Å²) in [5.74, 6) is 1.70. The number of hydrogen-bond acceptors (Lipinski definition) is 1. The SMILES string of the molecule is CCC(C)C(C(=O)CC1CC1)c1ccccc1. The van der Waals surface area contributed by atoms with E-state index in [1.165, 1.54) is 18.4 Å². The summed E-state index contributed by atoms with van der Waals surface area (Å²) in [6, 6.07) is 10.3. The van der Waals surface area contributed by atoms with Crippen LogP contribution < -0.4 is 0 Å². The van der Waals surface area contributed by atoms with Gasteiger partial charge in [-0.1, -0.05) is 50.6 Å². The van der Waals surface area contributed by atoms with Gasteiger partial charge in [-0.3, -0.25) is 4.79 Å². The third kappa shape index (κ3) is 3.18. The second-order valence-corrected chi connectivity index (χ2v) is 5.39. The van der Waals surface area contributed by atoms with Gasteiger partial charge in [0.2, 0.25) is 0 Å². The normalized spacial score (nSPS) is 18.7. The fourth-order valence-electron chi connectivity index (χ4n) is 2.46. The Morgan fingerprint density at radius 2 is 1.94 bits per heavy atom. The Bertz CT molecular complexity index is 364. The molecule has 17 heavy (non-hydrogen) atoms. The molecule has 1 aliphatic rings. The molecule has 1 aromatic carbocycles. The zero-order valence-corrected chi connectivity index (χ0v) is 10.9. The van der Waals surface area contributed by atoms with E-state index in [1.807, 2.05) is 18.2 Å². The van der Waals surface area contributed by atoms with Crippen LogP contribution in [0.25, 0.3) is 0 Å². The Morgan fingerprint density at radius 3 is 2.47 bits per heavy atom. The van der Waals surface area contributed by atoms with Crippen LogP contribution in [0.15, 0.2) is 30.3 Å². The van der Waals surface area contributed by atoms with Crippen molar-refractivity contribution in [2.75, 3.05) is 0 Å². The summed E-state index contributed by atoms with van der Waals surface area (Å²) in [5.41, 5.74) is 1.20. The van der Waals surface area contributed by atoms with Crippen molar-refractivity contribution >= 4 is 5.78 Å². The van der Waals surface area contributed by atoms with Crippen molar-refractivity contribution in [1.82, 2.24) is 0 Å². The topological polar surface area (TPSA) is 17.1 Å². The predicted octanol–water partition coefficient (Wildman–Crippen LogP) is 4.19. The molecule has 0 aromatic heterocycles. The monoisotopic (exact) mass is 230 g/mol. The molecule has 1 aliphatic carbocycles. The molecule has 2 rings (SSSR count). The van der Waals surface area contributed by atoms with Crippen LogP contribution in [0.3, 0.4) is 0 Å². The summed E-state index contributed by atoms with van der Waals surface area (Å²) in [6.07, 6.45) is 4.38. The Labute approximate surface area is 104 Å². The van der Waals surface area contributed by atoms with Crippen molar-refractivity contribution in [1.29, 1.82) is 0 Å². The average molecular weight is 230 g/mol. The molecule has 0 N–H and O–H groups in total. The number of carbonyl (C=O) groups is 1. The lowest BCUT2D eigenvalue weighted by atomic mass is 9.81. The molecule has 0 aliphatic heterocycles. The molecule has 0 amide bonds. The van der Waals surface area contributed by atoms with E-state index >= 15 is 0 Å². The van der Waals surface area contributed by atoms with Gasteiger partial charge in [0.25, 0.3) is 0 Å². The highest BCUT2D eigenvalue weighted by Gasteiger charge is 2.31. The quantitative estimate of drug-likeness (QED) is 0.716. The molecule has 1 fully saturated rings. The summed E-state index contributed by atoms with van der Waals surface area (Å²) in [6.45, 7) is 4.37. The second-order valence-electron chi connectivity index (χ2n) is 5.39. The van der Waals surface area contributed by atoms with Crippen molar-refractivity contribution in [2.24, 2.45) is 11.8 Å². The minimum absolute atomic E-state index is 0.113. The van der Waals surface area contributed by atoms with Gasteiger partial charge in [0, 0.05) is 12.3 Å². The van der Waals surface area contributed by atoms with Crippen LogP contribution in [-0.2, 0) is 4.79 Å². The molecule has 92 valence electrons. The van der Waals surface area contributed by atoms with Crippen LogP contribution in [0.2, 0.25) is 0 Å². The summed E-state index contributed by atoms with van der Waals surface area (Å²) < 4.78 is 0. The van der Waals surface area contributed by atoms with Crippen molar-refractivity contribution < 1.29 is 4.79 Å². The van der Waals surface area contributed by atoms with Crippen LogP contribution in [-0.4, -0.2) is 5.78 Å². The highest BCUT2D eigenvalue weighted by molar-refractivity contribution is 5.86. The number of hydrogen-bond donors (Lipinski definition) is 0.